The van der Waals surface area contributed by atoms with E-state index in [2.05, 4.69) is 10.3 Å². The van der Waals surface area contributed by atoms with E-state index < -0.39 is 11.7 Å². The third kappa shape index (κ3) is 1.79. The standard InChI is InChI=1S/C9H7F3N2O/c10-9(11,12)5-3-6-7(15)1-2-13-8(6)14-4-5/h3-4H,1-2H2,(H,13,14). The van der Waals surface area contributed by atoms with E-state index in [1.807, 2.05) is 0 Å². The number of ketones is 1. The molecule has 0 radical (unpaired) electrons. The first kappa shape index (κ1) is 9.95. The van der Waals surface area contributed by atoms with Gasteiger partial charge in [-0.05, 0) is 6.07 Å². The molecule has 3 nitrogen and oxygen atoms in total. The third-order valence-electron chi connectivity index (χ3n) is 2.16. The van der Waals surface area contributed by atoms with E-state index in [0.717, 1.165) is 12.3 Å². The molecule has 0 unspecified atom stereocenters. The molecule has 1 N–H and O–H groups in total. The molecule has 2 heterocycles. The molecule has 6 heteroatoms. The Hall–Kier alpha value is -1.59. The summed E-state index contributed by atoms with van der Waals surface area (Å²) in [6, 6.07) is 0.844. The molecule has 0 atom stereocenters. The number of hydrogen-bond acceptors (Lipinski definition) is 3. The molecule has 0 aliphatic carbocycles. The molecule has 80 valence electrons. The fourth-order valence-electron chi connectivity index (χ4n) is 1.40. The summed E-state index contributed by atoms with van der Waals surface area (Å²) in [5, 5.41) is 2.77. The average molecular weight is 216 g/mol. The normalized spacial score (nSPS) is 15.8. The van der Waals surface area contributed by atoms with Gasteiger partial charge in [-0.25, -0.2) is 4.98 Å². The molecule has 0 amide bonds. The topological polar surface area (TPSA) is 42.0 Å². The molecule has 0 saturated carbocycles. The van der Waals surface area contributed by atoms with Crippen LogP contribution in [0, 0.1) is 0 Å². The zero-order valence-corrected chi connectivity index (χ0v) is 7.56. The van der Waals surface area contributed by atoms with Gasteiger partial charge in [-0.2, -0.15) is 13.2 Å². The Morgan fingerprint density at radius 3 is 2.80 bits per heavy atom. The second kappa shape index (κ2) is 3.22. The van der Waals surface area contributed by atoms with Crippen LogP contribution in [0.2, 0.25) is 0 Å². The Kier molecular flexibility index (Phi) is 2.13. The number of Topliss-reactive ketones (excluding diaryl/α,β-unsaturated/α-hetero) is 1. The van der Waals surface area contributed by atoms with E-state index in [0.29, 0.717) is 6.54 Å². The molecule has 0 saturated heterocycles. The lowest BCUT2D eigenvalue weighted by Crippen LogP contribution is -2.20. The number of fused-ring (bicyclic) bond motifs is 1. The second-order valence-electron chi connectivity index (χ2n) is 3.22. The number of carbonyl (C=O) groups excluding carboxylic acids is 1. The van der Waals surface area contributed by atoms with Gasteiger partial charge in [0.05, 0.1) is 11.1 Å². The number of hydrogen-bond donors (Lipinski definition) is 1. The van der Waals surface area contributed by atoms with Gasteiger partial charge in [0.1, 0.15) is 5.82 Å². The molecule has 0 bridgehead atoms. The van der Waals surface area contributed by atoms with Gasteiger partial charge in [-0.3, -0.25) is 4.79 Å². The zero-order valence-electron chi connectivity index (χ0n) is 7.56. The third-order valence-corrected chi connectivity index (χ3v) is 2.16. The lowest BCUT2D eigenvalue weighted by atomic mass is 10.0. The summed E-state index contributed by atoms with van der Waals surface area (Å²) in [5.74, 6) is -0.0680. The fraction of sp³-hybridized carbons (Fsp3) is 0.333. The molecule has 15 heavy (non-hydrogen) atoms. The van der Waals surface area contributed by atoms with Gasteiger partial charge in [0.25, 0.3) is 0 Å². The molecule has 1 aliphatic rings. The van der Waals surface area contributed by atoms with Gasteiger partial charge in [0.15, 0.2) is 5.78 Å². The number of carbonyl (C=O) groups is 1. The van der Waals surface area contributed by atoms with E-state index >= 15 is 0 Å². The van der Waals surface area contributed by atoms with Crippen LogP contribution in [0.1, 0.15) is 22.3 Å². The summed E-state index contributed by atoms with van der Waals surface area (Å²) in [7, 11) is 0. The first-order valence-electron chi connectivity index (χ1n) is 4.33. The highest BCUT2D eigenvalue weighted by Crippen LogP contribution is 2.31. The van der Waals surface area contributed by atoms with Gasteiger partial charge in [-0.15, -0.1) is 0 Å². The number of alkyl halides is 3. The van der Waals surface area contributed by atoms with Crippen LogP contribution in [0.15, 0.2) is 12.3 Å². The van der Waals surface area contributed by atoms with Crippen LogP contribution >= 0.6 is 0 Å². The van der Waals surface area contributed by atoms with Crippen molar-refractivity contribution in [2.45, 2.75) is 12.6 Å². The number of aromatic nitrogens is 1. The number of anilines is 1. The highest BCUT2D eigenvalue weighted by molar-refractivity contribution is 6.02. The Labute approximate surface area is 83.3 Å². The summed E-state index contributed by atoms with van der Waals surface area (Å²) < 4.78 is 36.9. The van der Waals surface area contributed by atoms with E-state index in [1.165, 1.54) is 0 Å². The number of rotatable bonds is 0. The Morgan fingerprint density at radius 2 is 2.13 bits per heavy atom. The van der Waals surface area contributed by atoms with Gasteiger partial charge in [0, 0.05) is 19.2 Å². The van der Waals surface area contributed by atoms with Crippen LogP contribution in [-0.2, 0) is 6.18 Å². The van der Waals surface area contributed by atoms with Gasteiger partial charge in [-0.1, -0.05) is 0 Å². The number of halogens is 3. The molecule has 0 aromatic carbocycles. The summed E-state index contributed by atoms with van der Waals surface area (Å²) in [5.41, 5.74) is -0.866. The van der Waals surface area contributed by atoms with Crippen molar-refractivity contribution in [1.82, 2.24) is 4.98 Å². The van der Waals surface area contributed by atoms with E-state index in [-0.39, 0.29) is 23.6 Å². The minimum Gasteiger partial charge on any atom is -0.369 e. The summed E-state index contributed by atoms with van der Waals surface area (Å²) in [6.07, 6.45) is -3.53. The fourth-order valence-corrected chi connectivity index (χ4v) is 1.40. The predicted molar refractivity (Wildman–Crippen MR) is 46.7 cm³/mol. The van der Waals surface area contributed by atoms with Crippen LogP contribution < -0.4 is 5.32 Å². The Bertz CT molecular complexity index is 414. The van der Waals surface area contributed by atoms with E-state index in [1.54, 1.807) is 0 Å². The lowest BCUT2D eigenvalue weighted by molar-refractivity contribution is -0.137. The predicted octanol–water partition coefficient (Wildman–Crippen LogP) is 2.10. The van der Waals surface area contributed by atoms with Crippen molar-refractivity contribution in [3.05, 3.63) is 23.4 Å². The maximum Gasteiger partial charge on any atom is 0.417 e. The molecule has 0 spiro atoms. The molecule has 1 aromatic heterocycles. The lowest BCUT2D eigenvalue weighted by Gasteiger charge is -2.17. The monoisotopic (exact) mass is 216 g/mol. The minimum absolute atomic E-state index is 0.0241. The van der Waals surface area contributed by atoms with Crippen LogP contribution in [0.5, 0.6) is 0 Å². The van der Waals surface area contributed by atoms with Crippen molar-refractivity contribution >= 4 is 11.6 Å². The van der Waals surface area contributed by atoms with Crippen molar-refractivity contribution in [3.63, 3.8) is 0 Å². The highest BCUT2D eigenvalue weighted by atomic mass is 19.4. The molecule has 1 aromatic rings. The Balaban J connectivity index is 2.49. The van der Waals surface area contributed by atoms with E-state index in [9.17, 15) is 18.0 Å². The first-order chi connectivity index (χ1) is 6.98. The van der Waals surface area contributed by atoms with E-state index in [4.69, 9.17) is 0 Å². The summed E-state index contributed by atoms with van der Waals surface area (Å²) in [6.45, 7) is 0.421. The highest BCUT2D eigenvalue weighted by Gasteiger charge is 2.33. The maximum atomic E-state index is 12.3. The zero-order chi connectivity index (χ0) is 11.1. The van der Waals surface area contributed by atoms with Crippen molar-refractivity contribution < 1.29 is 18.0 Å². The van der Waals surface area contributed by atoms with Crippen molar-refractivity contribution in [3.8, 4) is 0 Å². The van der Waals surface area contributed by atoms with Crippen LogP contribution in [-0.4, -0.2) is 17.3 Å². The van der Waals surface area contributed by atoms with Crippen LogP contribution in [0.25, 0.3) is 0 Å². The molecule has 2 rings (SSSR count). The minimum atomic E-state index is -4.46. The number of nitrogens with one attached hydrogen (secondary N) is 1. The quantitative estimate of drug-likeness (QED) is 0.722. The number of nitrogens with zero attached hydrogens (tertiary/aromatic N) is 1. The first-order valence-corrected chi connectivity index (χ1v) is 4.33. The Morgan fingerprint density at radius 1 is 1.40 bits per heavy atom. The van der Waals surface area contributed by atoms with Gasteiger partial charge < -0.3 is 5.32 Å². The largest absolute Gasteiger partial charge is 0.417 e. The average Bonchev–Trinajstić information content (AvgIpc) is 2.16. The molecule has 0 fully saturated rings. The summed E-state index contributed by atoms with van der Waals surface area (Å²) in [4.78, 5) is 14.9. The molecule has 1 aliphatic heterocycles. The summed E-state index contributed by atoms with van der Waals surface area (Å²) >= 11 is 0. The smallest absolute Gasteiger partial charge is 0.369 e. The van der Waals surface area contributed by atoms with Gasteiger partial charge in [0.2, 0.25) is 0 Å². The molecular formula is C9H7F3N2O. The van der Waals surface area contributed by atoms with Crippen LogP contribution in [0.3, 0.4) is 0 Å². The SMILES string of the molecule is O=C1CCNc2ncc(C(F)(F)F)cc21. The van der Waals surface area contributed by atoms with Crippen molar-refractivity contribution in [2.75, 3.05) is 11.9 Å². The van der Waals surface area contributed by atoms with Crippen LogP contribution in [0.4, 0.5) is 19.0 Å². The van der Waals surface area contributed by atoms with Gasteiger partial charge >= 0.3 is 6.18 Å². The number of pyridine rings is 1. The maximum absolute atomic E-state index is 12.3. The van der Waals surface area contributed by atoms with Crippen molar-refractivity contribution in [1.29, 1.82) is 0 Å². The van der Waals surface area contributed by atoms with Crippen molar-refractivity contribution in [2.24, 2.45) is 0 Å². The second-order valence-corrected chi connectivity index (χ2v) is 3.22. The molecular weight excluding hydrogens is 209 g/mol.